The maximum atomic E-state index is 13.4. The first-order valence-corrected chi connectivity index (χ1v) is 12.7. The highest BCUT2D eigenvalue weighted by molar-refractivity contribution is 5.99. The fraction of sp³-hybridized carbons (Fsp3) is 0.654. The van der Waals surface area contributed by atoms with E-state index in [4.69, 9.17) is 15.5 Å². The number of ether oxygens (including phenoxy) is 1. The largest absolute Gasteiger partial charge is 0.493 e. The van der Waals surface area contributed by atoms with Crippen LogP contribution < -0.4 is 15.8 Å². The Morgan fingerprint density at radius 3 is 2.63 bits per heavy atom. The number of aliphatic hydroxyl groups excluding tert-OH is 1. The average molecular weight is 488 g/mol. The fourth-order valence-corrected chi connectivity index (χ4v) is 4.89. The summed E-state index contributed by atoms with van der Waals surface area (Å²) in [6, 6.07) is 6.03. The maximum absolute atomic E-state index is 13.4. The summed E-state index contributed by atoms with van der Waals surface area (Å²) >= 11 is 0. The molecule has 2 aliphatic rings. The number of carbonyl (C=O) groups excluding carboxylic acids is 2. The third kappa shape index (κ3) is 7.34. The van der Waals surface area contributed by atoms with Gasteiger partial charge in [-0.2, -0.15) is 0 Å². The topological polar surface area (TPSA) is 120 Å². The maximum Gasteiger partial charge on any atom is 0.244 e. The first-order valence-electron chi connectivity index (χ1n) is 12.7. The lowest BCUT2D eigenvalue weighted by Crippen LogP contribution is -2.55. The molecule has 3 rings (SSSR count). The Hall–Kier alpha value is -2.81. The first-order chi connectivity index (χ1) is 16.6. The van der Waals surface area contributed by atoms with E-state index in [1.807, 2.05) is 43.9 Å². The van der Waals surface area contributed by atoms with E-state index in [1.54, 1.807) is 6.92 Å². The normalized spacial score (nSPS) is 18.5. The zero-order valence-corrected chi connectivity index (χ0v) is 21.5. The number of anilines is 1. The number of aliphatic hydroxyl groups is 1. The summed E-state index contributed by atoms with van der Waals surface area (Å²) in [5.74, 6) is 0.869. The summed E-state index contributed by atoms with van der Waals surface area (Å²) in [4.78, 5) is 32.9. The number of nitrogens with one attached hydrogen (secondary N) is 1. The Bertz CT molecular complexity index is 919. The minimum Gasteiger partial charge on any atom is -0.493 e. The Morgan fingerprint density at radius 1 is 1.29 bits per heavy atom. The van der Waals surface area contributed by atoms with Gasteiger partial charge in [0.15, 0.2) is 5.96 Å². The predicted octanol–water partition coefficient (Wildman–Crippen LogP) is 3.21. The van der Waals surface area contributed by atoms with Crippen molar-refractivity contribution in [2.45, 2.75) is 97.0 Å². The van der Waals surface area contributed by atoms with Gasteiger partial charge in [-0.25, -0.2) is 4.99 Å². The minimum absolute atomic E-state index is 0.0795. The molecule has 1 aromatic rings. The van der Waals surface area contributed by atoms with Gasteiger partial charge in [-0.1, -0.05) is 25.3 Å². The number of hydrogen-bond donors (Lipinski definition) is 3. The molecule has 1 atom stereocenters. The van der Waals surface area contributed by atoms with Crippen molar-refractivity contribution in [3.8, 4) is 5.75 Å². The lowest BCUT2D eigenvalue weighted by atomic mass is 9.96. The van der Waals surface area contributed by atoms with Crippen LogP contribution in [0.4, 0.5) is 5.69 Å². The van der Waals surface area contributed by atoms with Crippen molar-refractivity contribution in [2.24, 2.45) is 10.7 Å². The number of nitrogens with two attached hydrogens (primary N) is 1. The van der Waals surface area contributed by atoms with Gasteiger partial charge in [-0.3, -0.25) is 9.59 Å². The van der Waals surface area contributed by atoms with Crippen molar-refractivity contribution in [2.75, 3.05) is 18.5 Å². The molecule has 2 amide bonds. The molecule has 1 aliphatic heterocycles. The molecular formula is C26H41N5O4. The van der Waals surface area contributed by atoms with Gasteiger partial charge < -0.3 is 30.7 Å². The molecule has 1 heterocycles. The second-order valence-electron chi connectivity index (χ2n) is 10.5. The van der Waals surface area contributed by atoms with Gasteiger partial charge in [0.2, 0.25) is 11.8 Å². The lowest BCUT2D eigenvalue weighted by molar-refractivity contribution is -0.149. The smallest absolute Gasteiger partial charge is 0.244 e. The molecule has 35 heavy (non-hydrogen) atoms. The number of amides is 2. The molecule has 9 nitrogen and oxygen atoms in total. The van der Waals surface area contributed by atoms with Crippen LogP contribution in [0.3, 0.4) is 0 Å². The fourth-order valence-electron chi connectivity index (χ4n) is 4.89. The number of aliphatic imine (C=N–C) groups is 1. The van der Waals surface area contributed by atoms with Gasteiger partial charge >= 0.3 is 0 Å². The summed E-state index contributed by atoms with van der Waals surface area (Å²) in [5.41, 5.74) is 6.54. The predicted molar refractivity (Wildman–Crippen MR) is 137 cm³/mol. The third-order valence-corrected chi connectivity index (χ3v) is 6.42. The van der Waals surface area contributed by atoms with E-state index in [0.29, 0.717) is 31.3 Å². The van der Waals surface area contributed by atoms with E-state index in [0.717, 1.165) is 24.1 Å². The molecule has 194 valence electrons. The van der Waals surface area contributed by atoms with Gasteiger partial charge in [0, 0.05) is 23.2 Å². The molecule has 0 spiro atoms. The van der Waals surface area contributed by atoms with Crippen LogP contribution in [0.1, 0.15) is 78.2 Å². The Labute approximate surface area is 208 Å². The standard InChI is InChI=1S/C26H41N5O4/c1-18(32)31(26(2,3)4)24(34)17-30-16-20-21(29-25(30)28-19-10-6-5-7-11-19)12-8-13-22(20)35-15-9-14-23(27)33/h8,12-13,18-19,32H,5-7,9-11,14-17H2,1-4H3,(H2,27,33)(H,28,29). The van der Waals surface area contributed by atoms with Crippen molar-refractivity contribution in [1.82, 2.24) is 9.80 Å². The van der Waals surface area contributed by atoms with E-state index in [2.05, 4.69) is 5.32 Å². The molecule has 1 unspecified atom stereocenters. The Balaban J connectivity index is 1.86. The summed E-state index contributed by atoms with van der Waals surface area (Å²) in [6.07, 6.45) is 5.57. The quantitative estimate of drug-likeness (QED) is 0.363. The van der Waals surface area contributed by atoms with E-state index in [9.17, 15) is 14.7 Å². The molecule has 0 bridgehead atoms. The number of primary amides is 1. The molecule has 1 aromatic carbocycles. The number of guanidine groups is 1. The highest BCUT2D eigenvalue weighted by Crippen LogP contribution is 2.33. The third-order valence-electron chi connectivity index (χ3n) is 6.42. The minimum atomic E-state index is -0.907. The zero-order valence-electron chi connectivity index (χ0n) is 21.5. The molecule has 4 N–H and O–H groups in total. The number of nitrogens with zero attached hydrogens (tertiary/aromatic N) is 3. The van der Waals surface area contributed by atoms with Crippen molar-refractivity contribution in [3.63, 3.8) is 0 Å². The number of carbonyl (C=O) groups is 2. The molecule has 1 fully saturated rings. The van der Waals surface area contributed by atoms with Gasteiger partial charge in [0.05, 0.1) is 19.2 Å². The van der Waals surface area contributed by atoms with Crippen LogP contribution in [0.15, 0.2) is 23.2 Å². The van der Waals surface area contributed by atoms with Gasteiger partial charge in [-0.15, -0.1) is 0 Å². The SMILES string of the molecule is CC(O)N(C(=O)CN1Cc2c(cccc2OCCCC(N)=O)NC1=NC1CCCCC1)C(C)(C)C. The van der Waals surface area contributed by atoms with E-state index < -0.39 is 11.8 Å². The van der Waals surface area contributed by atoms with Crippen molar-refractivity contribution >= 4 is 23.5 Å². The second kappa shape index (κ2) is 11.7. The molecule has 9 heteroatoms. The van der Waals surface area contributed by atoms with Crippen LogP contribution in [-0.4, -0.2) is 63.6 Å². The lowest BCUT2D eigenvalue weighted by Gasteiger charge is -2.40. The number of rotatable bonds is 9. The molecule has 0 radical (unpaired) electrons. The van der Waals surface area contributed by atoms with Crippen LogP contribution >= 0.6 is 0 Å². The number of fused-ring (bicyclic) bond motifs is 1. The molecule has 0 saturated heterocycles. The molecular weight excluding hydrogens is 446 g/mol. The van der Waals surface area contributed by atoms with E-state index >= 15 is 0 Å². The highest BCUT2D eigenvalue weighted by atomic mass is 16.5. The first kappa shape index (κ1) is 26.8. The Morgan fingerprint density at radius 2 is 2.00 bits per heavy atom. The van der Waals surface area contributed by atoms with Crippen LogP contribution in [0.2, 0.25) is 0 Å². The monoisotopic (exact) mass is 487 g/mol. The van der Waals surface area contributed by atoms with E-state index in [1.165, 1.54) is 24.2 Å². The van der Waals surface area contributed by atoms with Crippen LogP contribution in [0.5, 0.6) is 5.75 Å². The summed E-state index contributed by atoms with van der Waals surface area (Å²) in [7, 11) is 0. The summed E-state index contributed by atoms with van der Waals surface area (Å²) < 4.78 is 5.98. The van der Waals surface area contributed by atoms with Crippen molar-refractivity contribution in [3.05, 3.63) is 23.8 Å². The molecule has 1 saturated carbocycles. The number of hydrogen-bond acceptors (Lipinski definition) is 5. The van der Waals surface area contributed by atoms with Crippen molar-refractivity contribution < 1.29 is 19.4 Å². The average Bonchev–Trinajstić information content (AvgIpc) is 2.76. The Kier molecular flexibility index (Phi) is 8.99. The summed E-state index contributed by atoms with van der Waals surface area (Å²) in [6.45, 7) is 8.26. The van der Waals surface area contributed by atoms with Crippen LogP contribution in [0.25, 0.3) is 0 Å². The number of benzene rings is 1. The van der Waals surface area contributed by atoms with Crippen LogP contribution in [-0.2, 0) is 16.1 Å². The highest BCUT2D eigenvalue weighted by Gasteiger charge is 2.33. The molecule has 1 aliphatic carbocycles. The van der Waals surface area contributed by atoms with Crippen LogP contribution in [0, 0.1) is 0 Å². The summed E-state index contributed by atoms with van der Waals surface area (Å²) in [5, 5.41) is 13.8. The van der Waals surface area contributed by atoms with Gasteiger partial charge in [-0.05, 0) is 59.1 Å². The zero-order chi connectivity index (χ0) is 25.6. The van der Waals surface area contributed by atoms with Gasteiger partial charge in [0.1, 0.15) is 18.5 Å². The molecule has 0 aromatic heterocycles. The van der Waals surface area contributed by atoms with Gasteiger partial charge in [0.25, 0.3) is 0 Å². The van der Waals surface area contributed by atoms with E-state index in [-0.39, 0.29) is 30.8 Å². The van der Waals surface area contributed by atoms with Crippen molar-refractivity contribution in [1.29, 1.82) is 0 Å². The second-order valence-corrected chi connectivity index (χ2v) is 10.5.